The van der Waals surface area contributed by atoms with Crippen LogP contribution in [0, 0.1) is 5.82 Å². The molecule has 0 aromatic carbocycles. The number of nitrogens with one attached hydrogen (secondary N) is 2. The van der Waals surface area contributed by atoms with Crippen LogP contribution in [0.3, 0.4) is 0 Å². The van der Waals surface area contributed by atoms with Gasteiger partial charge in [0.05, 0.1) is 6.20 Å². The predicted molar refractivity (Wildman–Crippen MR) is 92.1 cm³/mol. The first-order valence-corrected chi connectivity index (χ1v) is 8.68. The third-order valence-electron chi connectivity index (χ3n) is 3.89. The molecule has 0 aliphatic carbocycles. The van der Waals surface area contributed by atoms with Crippen LogP contribution in [0.15, 0.2) is 12.3 Å². The van der Waals surface area contributed by atoms with Crippen LogP contribution in [0.2, 0.25) is 0 Å². The summed E-state index contributed by atoms with van der Waals surface area (Å²) in [4.78, 5) is 8.55. The lowest BCUT2D eigenvalue weighted by molar-refractivity contribution is 0.623. The average Bonchev–Trinajstić information content (AvgIpc) is 2.73. The molecule has 2 aromatic heterocycles. The minimum Gasteiger partial charge on any atom is -0.315 e. The Morgan fingerprint density at radius 1 is 1.17 bits per heavy atom. The van der Waals surface area contributed by atoms with Gasteiger partial charge in [-0.3, -0.25) is 0 Å². The number of rotatable bonds is 4. The molecule has 0 bridgehead atoms. The van der Waals surface area contributed by atoms with Crippen molar-refractivity contribution in [2.45, 2.75) is 46.1 Å². The number of imidazole rings is 1. The van der Waals surface area contributed by atoms with Gasteiger partial charge in [-0.1, -0.05) is 13.3 Å². The standard InChI is InChI=1S/C12H16FN3.C5H12N2/c1-3-5-6-11-15-10-7-9(13)8-14-12(10)16(11)4-2;1-2-6-4-5-7-3-1/h7-8H,3-6H2,1-2H3;6-7H,1-5H2. The summed E-state index contributed by atoms with van der Waals surface area (Å²) in [5.74, 6) is 0.688. The molecule has 0 amide bonds. The Bertz CT molecular complexity index is 576. The van der Waals surface area contributed by atoms with E-state index in [1.807, 2.05) is 0 Å². The van der Waals surface area contributed by atoms with Gasteiger partial charge in [-0.25, -0.2) is 14.4 Å². The average molecular weight is 321 g/mol. The maximum atomic E-state index is 13.0. The molecule has 0 spiro atoms. The quantitative estimate of drug-likeness (QED) is 0.908. The summed E-state index contributed by atoms with van der Waals surface area (Å²) in [5, 5.41) is 6.57. The molecule has 0 unspecified atom stereocenters. The second-order valence-electron chi connectivity index (χ2n) is 5.73. The summed E-state index contributed by atoms with van der Waals surface area (Å²) < 4.78 is 15.1. The molecule has 0 saturated carbocycles. The van der Waals surface area contributed by atoms with Gasteiger partial charge in [0.15, 0.2) is 5.65 Å². The summed E-state index contributed by atoms with van der Waals surface area (Å²) in [6.07, 6.45) is 5.70. The third kappa shape index (κ3) is 5.25. The molecule has 0 radical (unpaired) electrons. The van der Waals surface area contributed by atoms with Crippen molar-refractivity contribution in [3.8, 4) is 0 Å². The second kappa shape index (κ2) is 9.57. The van der Waals surface area contributed by atoms with Crippen molar-refractivity contribution >= 4 is 11.2 Å². The number of unbranched alkanes of at least 4 members (excludes halogenated alkanes) is 1. The maximum absolute atomic E-state index is 13.0. The SMILES string of the molecule is C1CNCCNC1.CCCCc1nc2cc(F)cnc2n1CC. The van der Waals surface area contributed by atoms with Crippen LogP contribution < -0.4 is 10.6 Å². The number of pyridine rings is 1. The predicted octanol–water partition coefficient (Wildman–Crippen LogP) is 2.50. The molecule has 1 aliphatic rings. The Kier molecular flexibility index (Phi) is 7.42. The number of aryl methyl sites for hydroxylation is 2. The van der Waals surface area contributed by atoms with E-state index in [0.29, 0.717) is 5.52 Å². The van der Waals surface area contributed by atoms with E-state index in [9.17, 15) is 4.39 Å². The largest absolute Gasteiger partial charge is 0.315 e. The van der Waals surface area contributed by atoms with Gasteiger partial charge in [-0.15, -0.1) is 0 Å². The molecule has 1 aliphatic heterocycles. The molecule has 6 heteroatoms. The molecule has 5 nitrogen and oxygen atoms in total. The van der Waals surface area contributed by atoms with Gasteiger partial charge in [-0.2, -0.15) is 0 Å². The molecule has 1 fully saturated rings. The number of halogens is 1. The van der Waals surface area contributed by atoms with E-state index in [4.69, 9.17) is 0 Å². The molecule has 2 N–H and O–H groups in total. The van der Waals surface area contributed by atoms with Crippen molar-refractivity contribution in [3.05, 3.63) is 23.9 Å². The van der Waals surface area contributed by atoms with Crippen LogP contribution in [-0.2, 0) is 13.0 Å². The highest BCUT2D eigenvalue weighted by atomic mass is 19.1. The Labute approximate surface area is 137 Å². The van der Waals surface area contributed by atoms with E-state index in [-0.39, 0.29) is 5.82 Å². The van der Waals surface area contributed by atoms with Gasteiger partial charge in [-0.05, 0) is 32.9 Å². The van der Waals surface area contributed by atoms with Crippen LogP contribution >= 0.6 is 0 Å². The first-order valence-electron chi connectivity index (χ1n) is 8.68. The fraction of sp³-hybridized carbons (Fsp3) is 0.647. The van der Waals surface area contributed by atoms with Crippen LogP contribution in [0.1, 0.15) is 38.9 Å². The minimum atomic E-state index is -0.324. The van der Waals surface area contributed by atoms with E-state index >= 15 is 0 Å². The highest BCUT2D eigenvalue weighted by Crippen LogP contribution is 2.16. The Morgan fingerprint density at radius 3 is 2.57 bits per heavy atom. The lowest BCUT2D eigenvalue weighted by Gasteiger charge is -2.03. The van der Waals surface area contributed by atoms with Gasteiger partial charge in [0, 0.05) is 32.1 Å². The lowest BCUT2D eigenvalue weighted by Crippen LogP contribution is -2.21. The van der Waals surface area contributed by atoms with Crippen molar-refractivity contribution in [2.24, 2.45) is 0 Å². The number of fused-ring (bicyclic) bond motifs is 1. The zero-order valence-corrected chi connectivity index (χ0v) is 14.2. The summed E-state index contributed by atoms with van der Waals surface area (Å²) >= 11 is 0. The van der Waals surface area contributed by atoms with E-state index in [0.717, 1.165) is 50.4 Å². The second-order valence-corrected chi connectivity index (χ2v) is 5.73. The van der Waals surface area contributed by atoms with Crippen LogP contribution in [0.25, 0.3) is 11.2 Å². The fourth-order valence-corrected chi connectivity index (χ4v) is 2.66. The molecule has 128 valence electrons. The monoisotopic (exact) mass is 321 g/mol. The summed E-state index contributed by atoms with van der Waals surface area (Å²) in [6, 6.07) is 1.45. The molecule has 1 saturated heterocycles. The van der Waals surface area contributed by atoms with Crippen molar-refractivity contribution in [3.63, 3.8) is 0 Å². The Hall–Kier alpha value is -1.53. The zero-order valence-electron chi connectivity index (χ0n) is 14.2. The van der Waals surface area contributed by atoms with Crippen LogP contribution in [0.5, 0.6) is 0 Å². The van der Waals surface area contributed by atoms with Gasteiger partial charge in [0.1, 0.15) is 17.2 Å². The van der Waals surface area contributed by atoms with E-state index in [1.165, 1.54) is 31.8 Å². The topological polar surface area (TPSA) is 54.8 Å². The van der Waals surface area contributed by atoms with Crippen LogP contribution in [-0.4, -0.2) is 40.7 Å². The molecule has 3 heterocycles. The minimum absolute atomic E-state index is 0.324. The van der Waals surface area contributed by atoms with E-state index in [1.54, 1.807) is 0 Å². The molecule has 0 atom stereocenters. The van der Waals surface area contributed by atoms with Gasteiger partial charge < -0.3 is 15.2 Å². The molecular weight excluding hydrogens is 293 g/mol. The first-order chi connectivity index (χ1) is 11.3. The zero-order chi connectivity index (χ0) is 16.5. The lowest BCUT2D eigenvalue weighted by atomic mass is 10.2. The van der Waals surface area contributed by atoms with Crippen molar-refractivity contribution < 1.29 is 4.39 Å². The summed E-state index contributed by atoms with van der Waals surface area (Å²) in [7, 11) is 0. The summed E-state index contributed by atoms with van der Waals surface area (Å²) in [5.41, 5.74) is 1.45. The van der Waals surface area contributed by atoms with E-state index < -0.39 is 0 Å². The third-order valence-corrected chi connectivity index (χ3v) is 3.89. The smallest absolute Gasteiger partial charge is 0.160 e. The van der Waals surface area contributed by atoms with Gasteiger partial charge >= 0.3 is 0 Å². The fourth-order valence-electron chi connectivity index (χ4n) is 2.66. The number of aromatic nitrogens is 3. The molecule has 3 rings (SSSR count). The number of hydrogen-bond acceptors (Lipinski definition) is 4. The molecule has 2 aromatic rings. The number of nitrogens with zero attached hydrogens (tertiary/aromatic N) is 3. The van der Waals surface area contributed by atoms with E-state index in [2.05, 4.69) is 39.0 Å². The Morgan fingerprint density at radius 2 is 1.91 bits per heavy atom. The maximum Gasteiger partial charge on any atom is 0.160 e. The normalized spacial score (nSPS) is 15.1. The highest BCUT2D eigenvalue weighted by Gasteiger charge is 2.10. The Balaban J connectivity index is 0.000000229. The van der Waals surface area contributed by atoms with Crippen molar-refractivity contribution in [2.75, 3.05) is 26.2 Å². The number of hydrogen-bond donors (Lipinski definition) is 2. The highest BCUT2D eigenvalue weighted by molar-refractivity contribution is 5.71. The van der Waals surface area contributed by atoms with Gasteiger partial charge in [0.2, 0.25) is 0 Å². The van der Waals surface area contributed by atoms with Crippen LogP contribution in [0.4, 0.5) is 4.39 Å². The molecular formula is C17H28FN5. The summed E-state index contributed by atoms with van der Waals surface area (Å²) in [6.45, 7) is 9.69. The first kappa shape index (κ1) is 17.8. The molecule has 23 heavy (non-hydrogen) atoms. The van der Waals surface area contributed by atoms with Gasteiger partial charge in [0.25, 0.3) is 0 Å². The van der Waals surface area contributed by atoms with Crippen molar-refractivity contribution in [1.82, 2.24) is 25.2 Å². The van der Waals surface area contributed by atoms with Crippen molar-refractivity contribution in [1.29, 1.82) is 0 Å².